The quantitative estimate of drug-likeness (QED) is 0.349. The second-order valence-electron chi connectivity index (χ2n) is 9.42. The highest BCUT2D eigenvalue weighted by Gasteiger charge is 2.30. The molecule has 36 heavy (non-hydrogen) atoms. The molecule has 2 fully saturated rings. The van der Waals surface area contributed by atoms with Gasteiger partial charge in [0.05, 0.1) is 10.0 Å². The number of phenols is 2. The van der Waals surface area contributed by atoms with Crippen LogP contribution < -0.4 is 5.32 Å². The minimum atomic E-state index is -0.470. The minimum Gasteiger partial charge on any atom is -0.508 e. The summed E-state index contributed by atoms with van der Waals surface area (Å²) in [4.78, 5) is 15.7. The lowest BCUT2D eigenvalue weighted by atomic mass is 10.2. The Morgan fingerprint density at radius 1 is 1.00 bits per heavy atom. The summed E-state index contributed by atoms with van der Waals surface area (Å²) in [5.41, 5.74) is -0.470. The number of thioether (sulfide) groups is 2. The van der Waals surface area contributed by atoms with Crippen molar-refractivity contribution >= 4 is 65.2 Å². The summed E-state index contributed by atoms with van der Waals surface area (Å²) in [6.45, 7) is 9.07. The number of phenolic OH excluding ortho intramolecular Hbond substituents is 2. The molecule has 2 heterocycles. The molecule has 0 aromatic heterocycles. The second kappa shape index (κ2) is 14.1. The maximum atomic E-state index is 12.0. The Bertz CT molecular complexity index is 1020. The predicted molar refractivity (Wildman–Crippen MR) is 153 cm³/mol. The van der Waals surface area contributed by atoms with Crippen molar-refractivity contribution in [3.63, 3.8) is 0 Å². The van der Waals surface area contributed by atoms with Crippen LogP contribution in [0.3, 0.4) is 0 Å². The number of halogens is 3. The molecule has 2 atom stereocenters. The maximum absolute atomic E-state index is 12.0. The number of benzene rings is 2. The Morgan fingerprint density at radius 3 is 2.03 bits per heavy atom. The van der Waals surface area contributed by atoms with E-state index in [1.165, 1.54) is 12.5 Å². The normalized spacial score (nSPS) is 19.3. The zero-order valence-corrected chi connectivity index (χ0v) is 24.5. The van der Waals surface area contributed by atoms with E-state index < -0.39 is 5.60 Å². The molecule has 4 rings (SSSR count). The summed E-state index contributed by atoms with van der Waals surface area (Å²) < 4.78 is 5.38. The number of nitrogens with zero attached hydrogens (tertiary/aromatic N) is 1. The van der Waals surface area contributed by atoms with Crippen molar-refractivity contribution in [2.75, 3.05) is 26.2 Å². The highest BCUT2D eigenvalue weighted by molar-refractivity contribution is 8.00. The molecule has 2 aromatic carbocycles. The molecule has 2 aliphatic rings. The van der Waals surface area contributed by atoms with E-state index in [0.29, 0.717) is 33.6 Å². The Labute approximate surface area is 237 Å². The molecule has 2 aliphatic heterocycles. The average molecular weight is 596 g/mol. The maximum Gasteiger partial charge on any atom is 0.410 e. The van der Waals surface area contributed by atoms with Crippen LogP contribution in [0.25, 0.3) is 0 Å². The summed E-state index contributed by atoms with van der Waals surface area (Å²) in [5.74, 6) is 0.384. The average Bonchev–Trinajstić information content (AvgIpc) is 3.44. The molecule has 0 bridgehead atoms. The van der Waals surface area contributed by atoms with E-state index in [-0.39, 0.29) is 30.0 Å². The number of likely N-dealkylation sites (tertiary alicyclic amines) is 1. The summed E-state index contributed by atoms with van der Waals surface area (Å²) >= 11 is 15.5. The lowest BCUT2D eigenvalue weighted by Crippen LogP contribution is -2.35. The van der Waals surface area contributed by atoms with Crippen LogP contribution in [0.15, 0.2) is 46.2 Å². The third-order valence-electron chi connectivity index (χ3n) is 5.23. The van der Waals surface area contributed by atoms with Crippen molar-refractivity contribution in [1.29, 1.82) is 0 Å². The Balaban J connectivity index is 0.000000265. The van der Waals surface area contributed by atoms with Gasteiger partial charge in [-0.2, -0.15) is 0 Å². The van der Waals surface area contributed by atoms with Crippen molar-refractivity contribution in [3.05, 3.63) is 46.4 Å². The van der Waals surface area contributed by atoms with E-state index >= 15 is 0 Å². The number of nitrogens with one attached hydrogen (secondary N) is 1. The third-order valence-corrected chi connectivity index (χ3v) is 8.75. The van der Waals surface area contributed by atoms with Gasteiger partial charge in [0, 0.05) is 39.9 Å². The number of carbonyl (C=O) groups is 1. The van der Waals surface area contributed by atoms with E-state index in [1.807, 2.05) is 26.8 Å². The smallest absolute Gasteiger partial charge is 0.410 e. The third kappa shape index (κ3) is 9.95. The number of carbonyl (C=O) groups excluding carboxylic acids is 1. The number of ether oxygens (including phenoxy) is 1. The van der Waals surface area contributed by atoms with E-state index in [1.54, 1.807) is 52.7 Å². The molecule has 11 heteroatoms. The second-order valence-corrected chi connectivity index (χ2v) is 12.9. The van der Waals surface area contributed by atoms with Gasteiger partial charge in [0.2, 0.25) is 0 Å². The summed E-state index contributed by atoms with van der Waals surface area (Å²) in [6, 6.07) is 10.1. The van der Waals surface area contributed by atoms with Gasteiger partial charge in [0.15, 0.2) is 0 Å². The summed E-state index contributed by atoms with van der Waals surface area (Å²) in [5, 5.41) is 23.9. The SMILES string of the molecule is CC(C)(C)OC(=O)N1CC[C@H](Sc2ccc(O)cc2Cl)C1.Cl.Oc1ccc(S[C@H]2CCNC2)c(Cl)c1. The van der Waals surface area contributed by atoms with Gasteiger partial charge >= 0.3 is 6.09 Å². The van der Waals surface area contributed by atoms with Crippen LogP contribution >= 0.6 is 59.1 Å². The van der Waals surface area contributed by atoms with Crippen molar-refractivity contribution in [1.82, 2.24) is 10.2 Å². The van der Waals surface area contributed by atoms with Crippen molar-refractivity contribution in [2.45, 2.75) is 59.5 Å². The molecule has 0 radical (unpaired) electrons. The topological polar surface area (TPSA) is 82.0 Å². The lowest BCUT2D eigenvalue weighted by molar-refractivity contribution is 0.0295. The molecule has 3 N–H and O–H groups in total. The summed E-state index contributed by atoms with van der Waals surface area (Å²) in [6.07, 6.45) is 1.82. The van der Waals surface area contributed by atoms with Crippen molar-refractivity contribution in [3.8, 4) is 11.5 Å². The van der Waals surface area contributed by atoms with Gasteiger partial charge in [-0.15, -0.1) is 35.9 Å². The number of hydrogen-bond donors (Lipinski definition) is 3. The summed E-state index contributed by atoms with van der Waals surface area (Å²) in [7, 11) is 0. The molecule has 0 unspecified atom stereocenters. The first-order valence-corrected chi connectivity index (χ1v) is 14.0. The fourth-order valence-electron chi connectivity index (χ4n) is 3.58. The number of rotatable bonds is 4. The fourth-order valence-corrected chi connectivity index (χ4v) is 6.46. The van der Waals surface area contributed by atoms with E-state index in [0.717, 1.165) is 29.3 Å². The minimum absolute atomic E-state index is 0. The Morgan fingerprint density at radius 2 is 1.56 bits per heavy atom. The van der Waals surface area contributed by atoms with E-state index in [4.69, 9.17) is 27.9 Å². The van der Waals surface area contributed by atoms with E-state index in [2.05, 4.69) is 5.32 Å². The molecule has 2 aromatic rings. The fraction of sp³-hybridized carbons (Fsp3) is 0.480. The highest BCUT2D eigenvalue weighted by atomic mass is 35.5. The Kier molecular flexibility index (Phi) is 12.2. The van der Waals surface area contributed by atoms with Gasteiger partial charge in [0.1, 0.15) is 17.1 Å². The van der Waals surface area contributed by atoms with Gasteiger partial charge in [0.25, 0.3) is 0 Å². The highest BCUT2D eigenvalue weighted by Crippen LogP contribution is 2.36. The molecule has 2 saturated heterocycles. The first kappa shape index (κ1) is 31.1. The van der Waals surface area contributed by atoms with Crippen molar-refractivity contribution < 1.29 is 19.7 Å². The van der Waals surface area contributed by atoms with Gasteiger partial charge < -0.3 is 25.2 Å². The molecular weight excluding hydrogens is 563 g/mol. The number of aromatic hydroxyl groups is 2. The van der Waals surface area contributed by atoms with Crippen LogP contribution in [0.1, 0.15) is 33.6 Å². The number of hydrogen-bond acceptors (Lipinski definition) is 7. The van der Waals surface area contributed by atoms with Crippen molar-refractivity contribution in [2.24, 2.45) is 0 Å². The largest absolute Gasteiger partial charge is 0.508 e. The molecule has 0 saturated carbocycles. The van der Waals surface area contributed by atoms with Gasteiger partial charge in [-0.25, -0.2) is 4.79 Å². The van der Waals surface area contributed by atoms with Crippen LogP contribution in [0.5, 0.6) is 11.5 Å². The molecule has 0 aliphatic carbocycles. The monoisotopic (exact) mass is 594 g/mol. The van der Waals surface area contributed by atoms with Crippen LogP contribution in [0, 0.1) is 0 Å². The molecule has 200 valence electrons. The molecule has 1 amide bonds. The molecule has 6 nitrogen and oxygen atoms in total. The van der Waals surface area contributed by atoms with Gasteiger partial charge in [-0.05, 0) is 76.6 Å². The standard InChI is InChI=1S/C15H20ClNO3S.C10H12ClNOS.ClH/c1-15(2,3)20-14(19)17-7-6-11(9-17)21-13-5-4-10(18)8-12(13)16;11-9-5-7(13)1-2-10(9)14-8-3-4-12-6-8;/h4-5,8,11,18H,6-7,9H2,1-3H3;1-2,5,8,12-13H,3-4,6H2;1H/t11-;8-;/m00./s1. The van der Waals surface area contributed by atoms with Gasteiger partial charge in [-0.1, -0.05) is 23.2 Å². The Hall–Kier alpha value is -1.16. The van der Waals surface area contributed by atoms with Crippen LogP contribution in [-0.4, -0.2) is 63.5 Å². The predicted octanol–water partition coefficient (Wildman–Crippen LogP) is 7.07. The zero-order chi connectivity index (χ0) is 25.6. The molecular formula is C25H33Cl3N2O4S2. The molecule has 0 spiro atoms. The van der Waals surface area contributed by atoms with Crippen LogP contribution in [0.4, 0.5) is 4.79 Å². The van der Waals surface area contributed by atoms with Crippen LogP contribution in [0.2, 0.25) is 10.0 Å². The van der Waals surface area contributed by atoms with Crippen LogP contribution in [-0.2, 0) is 4.74 Å². The first-order chi connectivity index (χ1) is 16.5. The van der Waals surface area contributed by atoms with E-state index in [9.17, 15) is 15.0 Å². The zero-order valence-electron chi connectivity index (χ0n) is 20.5. The lowest BCUT2D eigenvalue weighted by Gasteiger charge is -2.24. The number of amides is 1. The van der Waals surface area contributed by atoms with Gasteiger partial charge in [-0.3, -0.25) is 0 Å². The first-order valence-electron chi connectivity index (χ1n) is 11.5.